The van der Waals surface area contributed by atoms with Crippen LogP contribution < -0.4 is 10.6 Å². The second kappa shape index (κ2) is 16.7. The van der Waals surface area contributed by atoms with Crippen LogP contribution in [-0.4, -0.2) is 22.0 Å². The maximum absolute atomic E-state index is 13.6. The minimum atomic E-state index is -4.77. The lowest BCUT2D eigenvalue weighted by Gasteiger charge is -2.14. The summed E-state index contributed by atoms with van der Waals surface area (Å²) in [6.45, 7) is 0. The van der Waals surface area contributed by atoms with Gasteiger partial charge in [0, 0.05) is 16.5 Å². The second-order valence-corrected chi connectivity index (χ2v) is 14.2. The first-order valence-corrected chi connectivity index (χ1v) is 18.5. The van der Waals surface area contributed by atoms with E-state index in [9.17, 15) is 46.1 Å². The monoisotopic (exact) mass is 894 g/mol. The predicted octanol–water partition coefficient (Wildman–Crippen LogP) is 14.7. The Hall–Kier alpha value is -6.75. The van der Waals surface area contributed by atoms with Gasteiger partial charge >= 0.3 is 12.4 Å². The van der Waals surface area contributed by atoms with E-state index in [4.69, 9.17) is 34.8 Å². The van der Waals surface area contributed by atoms with Crippen molar-refractivity contribution < 1.29 is 46.1 Å². The molecule has 7 aromatic carbocycles. The van der Waals surface area contributed by atoms with Crippen LogP contribution in [0.4, 0.5) is 60.5 Å². The van der Waals surface area contributed by atoms with Gasteiger partial charge in [0.2, 0.25) is 0 Å². The number of phenolic OH excluding ortho intramolecular Hbond substituents is 2. The molecule has 61 heavy (non-hydrogen) atoms. The third kappa shape index (κ3) is 9.06. The fraction of sp³-hybridized carbons (Fsp3) is 0.0476. The number of carbonyl (C=O) groups excluding carboxylic acids is 2. The normalized spacial score (nSPS) is 12.1. The fourth-order valence-corrected chi connectivity index (χ4v) is 6.74. The van der Waals surface area contributed by atoms with Crippen molar-refractivity contribution in [2.24, 2.45) is 20.5 Å². The van der Waals surface area contributed by atoms with Crippen LogP contribution >= 0.6 is 34.8 Å². The van der Waals surface area contributed by atoms with Gasteiger partial charge in [-0.2, -0.15) is 36.6 Å². The molecule has 0 saturated heterocycles. The van der Waals surface area contributed by atoms with Gasteiger partial charge in [-0.05, 0) is 77.5 Å². The molecule has 0 atom stereocenters. The Kier molecular flexibility index (Phi) is 11.6. The van der Waals surface area contributed by atoms with E-state index in [1.54, 1.807) is 48.5 Å². The maximum atomic E-state index is 13.6. The largest absolute Gasteiger partial charge is 0.505 e. The van der Waals surface area contributed by atoms with Gasteiger partial charge in [0.25, 0.3) is 11.8 Å². The summed E-state index contributed by atoms with van der Waals surface area (Å²) in [6, 6.07) is 25.5. The number of alkyl halides is 6. The summed E-state index contributed by atoms with van der Waals surface area (Å²) in [4.78, 5) is 27.1. The Labute approximate surface area is 354 Å². The summed E-state index contributed by atoms with van der Waals surface area (Å²) < 4.78 is 80.6. The number of halogens is 9. The number of amides is 2. The van der Waals surface area contributed by atoms with Crippen molar-refractivity contribution in [3.05, 3.63) is 153 Å². The van der Waals surface area contributed by atoms with Gasteiger partial charge in [-0.1, -0.05) is 83.3 Å². The fourth-order valence-electron chi connectivity index (χ4n) is 6.07. The summed E-state index contributed by atoms with van der Waals surface area (Å²) in [6.07, 6.45) is -9.53. The minimum absolute atomic E-state index is 0.0355. The van der Waals surface area contributed by atoms with Crippen LogP contribution in [0.1, 0.15) is 31.8 Å². The molecule has 0 heterocycles. The number of benzene rings is 7. The standard InChI is InChI=1S/C42H23Cl3F6N6O4/c43-31-12-9-23(17-29(31)41(46,47)48)54-56-35-25-7-3-1-5-20(25)15-27(37(35)58)39(60)52-22-11-14-34(33(45)19-22)53-40(61)28-16-21-6-2-4-8-26(21)36(38(28)59)57-55-24-10-13-32(44)30(18-24)42(49,50)51/h1-19,58-59H,(H,52,60)(H,53,61). The molecule has 0 fully saturated rings. The van der Waals surface area contributed by atoms with Crippen LogP contribution in [0, 0.1) is 0 Å². The highest BCUT2D eigenvalue weighted by Crippen LogP contribution is 2.43. The highest BCUT2D eigenvalue weighted by Gasteiger charge is 2.34. The molecule has 0 aliphatic rings. The molecule has 2 amide bonds. The van der Waals surface area contributed by atoms with E-state index < -0.39 is 56.8 Å². The van der Waals surface area contributed by atoms with Crippen LogP contribution in [0.5, 0.6) is 11.5 Å². The van der Waals surface area contributed by atoms with E-state index in [0.29, 0.717) is 33.7 Å². The zero-order valence-corrected chi connectivity index (χ0v) is 32.6. The third-order valence-corrected chi connectivity index (χ3v) is 9.97. The summed E-state index contributed by atoms with van der Waals surface area (Å²) in [7, 11) is 0. The van der Waals surface area contributed by atoms with E-state index in [1.807, 2.05) is 0 Å². The SMILES string of the molecule is O=C(Nc1ccc(NC(=O)c2cc3ccccc3c(N=Nc3ccc(Cl)c(C(F)(F)F)c3)c2O)c(Cl)c1)c1cc2ccccc2c(N=Nc2ccc(Cl)c(C(F)(F)F)c2)c1O. The molecule has 0 aliphatic heterocycles. The molecule has 0 saturated carbocycles. The molecule has 0 unspecified atom stereocenters. The first-order chi connectivity index (χ1) is 28.9. The lowest BCUT2D eigenvalue weighted by Crippen LogP contribution is -2.14. The molecule has 0 spiro atoms. The van der Waals surface area contributed by atoms with Gasteiger partial charge in [-0.25, -0.2) is 0 Å². The summed E-state index contributed by atoms with van der Waals surface area (Å²) >= 11 is 17.9. The van der Waals surface area contributed by atoms with Crippen LogP contribution in [0.15, 0.2) is 136 Å². The number of nitrogens with zero attached hydrogens (tertiary/aromatic N) is 4. The molecule has 0 aromatic heterocycles. The number of azo groups is 2. The zero-order valence-electron chi connectivity index (χ0n) is 30.4. The number of carbonyl (C=O) groups is 2. The van der Waals surface area contributed by atoms with Crippen molar-refractivity contribution in [2.75, 3.05) is 10.6 Å². The lowest BCUT2D eigenvalue weighted by atomic mass is 10.0. The maximum Gasteiger partial charge on any atom is 0.417 e. The van der Waals surface area contributed by atoms with Crippen molar-refractivity contribution >= 4 is 102 Å². The molecule has 308 valence electrons. The van der Waals surface area contributed by atoms with Gasteiger partial charge in [-0.3, -0.25) is 9.59 Å². The van der Waals surface area contributed by atoms with Crippen molar-refractivity contribution in [2.45, 2.75) is 12.4 Å². The van der Waals surface area contributed by atoms with E-state index in [0.717, 1.165) is 12.1 Å². The molecule has 4 N–H and O–H groups in total. The molecule has 0 bridgehead atoms. The minimum Gasteiger partial charge on any atom is -0.505 e. The third-order valence-electron chi connectivity index (χ3n) is 9.00. The summed E-state index contributed by atoms with van der Waals surface area (Å²) in [5.74, 6) is -2.97. The second-order valence-electron chi connectivity index (χ2n) is 13.0. The number of anilines is 2. The van der Waals surface area contributed by atoms with Crippen LogP contribution in [0.2, 0.25) is 15.1 Å². The first kappa shape index (κ1) is 42.4. The predicted molar refractivity (Wildman–Crippen MR) is 220 cm³/mol. The average Bonchev–Trinajstić information content (AvgIpc) is 3.20. The molecular weight excluding hydrogens is 873 g/mol. The summed E-state index contributed by atoms with van der Waals surface area (Å²) in [5, 5.41) is 43.7. The van der Waals surface area contributed by atoms with Crippen molar-refractivity contribution in [3.8, 4) is 11.5 Å². The Morgan fingerprint density at radius 2 is 0.951 bits per heavy atom. The molecule has 0 radical (unpaired) electrons. The highest BCUT2D eigenvalue weighted by atomic mass is 35.5. The van der Waals surface area contributed by atoms with E-state index in [2.05, 4.69) is 31.1 Å². The number of rotatable bonds is 8. The topological polar surface area (TPSA) is 148 Å². The molecule has 7 aromatic rings. The van der Waals surface area contributed by atoms with Crippen molar-refractivity contribution in [1.29, 1.82) is 0 Å². The van der Waals surface area contributed by atoms with Gasteiger partial charge in [0.15, 0.2) is 11.5 Å². The molecule has 7 rings (SSSR count). The molecule has 0 aliphatic carbocycles. The number of nitrogens with one attached hydrogen (secondary N) is 2. The zero-order chi connectivity index (χ0) is 43.8. The van der Waals surface area contributed by atoms with Crippen LogP contribution in [0.3, 0.4) is 0 Å². The van der Waals surface area contributed by atoms with Crippen LogP contribution in [0.25, 0.3) is 21.5 Å². The Morgan fingerprint density at radius 1 is 0.508 bits per heavy atom. The van der Waals surface area contributed by atoms with Gasteiger partial charge in [0.1, 0.15) is 11.4 Å². The number of hydrogen-bond acceptors (Lipinski definition) is 8. The quantitative estimate of drug-likeness (QED) is 0.0888. The van der Waals surface area contributed by atoms with E-state index in [1.165, 1.54) is 42.5 Å². The van der Waals surface area contributed by atoms with Crippen molar-refractivity contribution in [1.82, 2.24) is 0 Å². The van der Waals surface area contributed by atoms with E-state index >= 15 is 0 Å². The van der Waals surface area contributed by atoms with Gasteiger partial charge < -0.3 is 20.8 Å². The Balaban J connectivity index is 1.13. The summed E-state index contributed by atoms with van der Waals surface area (Å²) in [5.41, 5.74) is -3.55. The smallest absolute Gasteiger partial charge is 0.417 e. The van der Waals surface area contributed by atoms with Gasteiger partial charge in [-0.15, -0.1) is 10.2 Å². The molecule has 10 nitrogen and oxygen atoms in total. The lowest BCUT2D eigenvalue weighted by molar-refractivity contribution is -0.138. The van der Waals surface area contributed by atoms with E-state index in [-0.39, 0.29) is 50.3 Å². The Bertz CT molecular complexity index is 2980. The number of fused-ring (bicyclic) bond motifs is 2. The average molecular weight is 896 g/mol. The number of hydrogen-bond donors (Lipinski definition) is 4. The number of aromatic hydroxyl groups is 2. The molecule has 19 heteroatoms. The van der Waals surface area contributed by atoms with Crippen molar-refractivity contribution in [3.63, 3.8) is 0 Å². The van der Waals surface area contributed by atoms with Crippen LogP contribution in [-0.2, 0) is 12.4 Å². The highest BCUT2D eigenvalue weighted by molar-refractivity contribution is 6.34. The first-order valence-electron chi connectivity index (χ1n) is 17.4. The molecular formula is C42H23Cl3F6N6O4. The van der Waals surface area contributed by atoms with Gasteiger partial charge in [0.05, 0.1) is 54.4 Å². The number of phenols is 2. The Morgan fingerprint density at radius 3 is 1.39 bits per heavy atom.